The molecule has 3 heteroatoms. The summed E-state index contributed by atoms with van der Waals surface area (Å²) in [5, 5.41) is 0. The second kappa shape index (κ2) is 5.30. The smallest absolute Gasteiger partial charge is 0.306 e. The summed E-state index contributed by atoms with van der Waals surface area (Å²) in [6.07, 6.45) is 4.69. The molecule has 0 unspecified atom stereocenters. The first kappa shape index (κ1) is 9.71. The van der Waals surface area contributed by atoms with Crippen LogP contribution in [-0.2, 0) is 16.1 Å². The Morgan fingerprint density at radius 3 is 2.77 bits per heavy atom. The summed E-state index contributed by atoms with van der Waals surface area (Å²) in [7, 11) is 0. The van der Waals surface area contributed by atoms with Crippen LogP contribution in [0.25, 0.3) is 0 Å². The molecule has 0 aromatic carbocycles. The van der Waals surface area contributed by atoms with Crippen molar-refractivity contribution in [1.29, 1.82) is 0 Å². The van der Waals surface area contributed by atoms with Crippen LogP contribution in [0.2, 0.25) is 0 Å². The molecule has 0 aliphatic carbocycles. The molecule has 0 aliphatic rings. The van der Waals surface area contributed by atoms with E-state index in [0.29, 0.717) is 13.0 Å². The Kier molecular flexibility index (Phi) is 3.96. The fourth-order valence-corrected chi connectivity index (χ4v) is 0.919. The van der Waals surface area contributed by atoms with E-state index >= 15 is 0 Å². The monoisotopic (exact) mass is 179 g/mol. The van der Waals surface area contributed by atoms with Crippen molar-refractivity contribution in [2.24, 2.45) is 0 Å². The molecule has 0 saturated carbocycles. The number of nitrogens with zero attached hydrogens (tertiary/aromatic N) is 1. The Bertz CT molecular complexity index is 259. The quantitative estimate of drug-likeness (QED) is 0.663. The summed E-state index contributed by atoms with van der Waals surface area (Å²) >= 11 is 0. The van der Waals surface area contributed by atoms with Gasteiger partial charge in [-0.05, 0) is 24.1 Å². The second-order valence-electron chi connectivity index (χ2n) is 2.77. The van der Waals surface area contributed by atoms with Crippen molar-refractivity contribution in [2.75, 3.05) is 0 Å². The summed E-state index contributed by atoms with van der Waals surface area (Å²) in [6, 6.07) is 3.67. The lowest BCUT2D eigenvalue weighted by molar-refractivity contribution is -0.144. The highest BCUT2D eigenvalue weighted by Gasteiger charge is 2.00. The zero-order chi connectivity index (χ0) is 9.52. The number of carbonyl (C=O) groups excluding carboxylic acids is 1. The van der Waals surface area contributed by atoms with Gasteiger partial charge < -0.3 is 4.74 Å². The molecule has 0 saturated heterocycles. The first-order valence-corrected chi connectivity index (χ1v) is 4.37. The van der Waals surface area contributed by atoms with Crippen LogP contribution in [-0.4, -0.2) is 11.0 Å². The van der Waals surface area contributed by atoms with Crippen LogP contribution in [0.5, 0.6) is 0 Å². The highest BCUT2D eigenvalue weighted by Crippen LogP contribution is 2.00. The van der Waals surface area contributed by atoms with E-state index in [1.165, 1.54) is 0 Å². The topological polar surface area (TPSA) is 39.2 Å². The number of rotatable bonds is 4. The van der Waals surface area contributed by atoms with E-state index in [9.17, 15) is 4.79 Å². The number of aromatic nitrogens is 1. The Labute approximate surface area is 77.8 Å². The average molecular weight is 179 g/mol. The molecular formula is C10H13NO2. The molecule has 1 aromatic heterocycles. The lowest BCUT2D eigenvalue weighted by Crippen LogP contribution is -2.03. The van der Waals surface area contributed by atoms with Crippen molar-refractivity contribution in [3.05, 3.63) is 30.1 Å². The van der Waals surface area contributed by atoms with Crippen LogP contribution >= 0.6 is 0 Å². The van der Waals surface area contributed by atoms with Crippen molar-refractivity contribution < 1.29 is 9.53 Å². The molecule has 0 radical (unpaired) electrons. The zero-order valence-electron chi connectivity index (χ0n) is 7.69. The molecule has 0 spiro atoms. The zero-order valence-corrected chi connectivity index (χ0v) is 7.69. The van der Waals surface area contributed by atoms with Crippen molar-refractivity contribution in [2.45, 2.75) is 26.4 Å². The van der Waals surface area contributed by atoms with Crippen LogP contribution in [0.15, 0.2) is 24.5 Å². The van der Waals surface area contributed by atoms with Gasteiger partial charge in [0.1, 0.15) is 6.61 Å². The highest BCUT2D eigenvalue weighted by molar-refractivity contribution is 5.69. The van der Waals surface area contributed by atoms with Gasteiger partial charge in [0.2, 0.25) is 0 Å². The van der Waals surface area contributed by atoms with E-state index < -0.39 is 0 Å². The molecule has 1 heterocycles. The molecule has 0 bridgehead atoms. The molecule has 1 rings (SSSR count). The van der Waals surface area contributed by atoms with Crippen LogP contribution in [0.3, 0.4) is 0 Å². The van der Waals surface area contributed by atoms with Crippen LogP contribution < -0.4 is 0 Å². The molecule has 3 nitrogen and oxygen atoms in total. The number of esters is 1. The number of carbonyl (C=O) groups is 1. The fourth-order valence-electron chi connectivity index (χ4n) is 0.919. The fraction of sp³-hybridized carbons (Fsp3) is 0.400. The predicted molar refractivity (Wildman–Crippen MR) is 48.9 cm³/mol. The molecule has 0 aliphatic heterocycles. The number of hydrogen-bond acceptors (Lipinski definition) is 3. The Morgan fingerprint density at radius 1 is 1.46 bits per heavy atom. The Hall–Kier alpha value is -1.38. The maximum absolute atomic E-state index is 11.0. The van der Waals surface area contributed by atoms with E-state index in [4.69, 9.17) is 4.74 Å². The van der Waals surface area contributed by atoms with E-state index in [1.807, 2.05) is 19.1 Å². The molecule has 13 heavy (non-hydrogen) atoms. The molecular weight excluding hydrogens is 166 g/mol. The number of pyridine rings is 1. The summed E-state index contributed by atoms with van der Waals surface area (Å²) in [5.74, 6) is -0.140. The third kappa shape index (κ3) is 3.69. The van der Waals surface area contributed by atoms with Gasteiger partial charge >= 0.3 is 5.97 Å². The summed E-state index contributed by atoms with van der Waals surface area (Å²) < 4.78 is 5.00. The third-order valence-electron chi connectivity index (χ3n) is 1.60. The van der Waals surface area contributed by atoms with Gasteiger partial charge in [-0.25, -0.2) is 0 Å². The third-order valence-corrected chi connectivity index (χ3v) is 1.60. The summed E-state index contributed by atoms with van der Waals surface area (Å²) in [4.78, 5) is 14.8. The van der Waals surface area contributed by atoms with Crippen molar-refractivity contribution in [3.8, 4) is 0 Å². The molecule has 0 N–H and O–H groups in total. The van der Waals surface area contributed by atoms with Gasteiger partial charge in [-0.3, -0.25) is 9.78 Å². The number of ether oxygens (including phenoxy) is 1. The second-order valence-corrected chi connectivity index (χ2v) is 2.77. The van der Waals surface area contributed by atoms with Crippen LogP contribution in [0, 0.1) is 0 Å². The van der Waals surface area contributed by atoms with Gasteiger partial charge in [0.25, 0.3) is 0 Å². The maximum Gasteiger partial charge on any atom is 0.306 e. The maximum atomic E-state index is 11.0. The molecule has 0 amide bonds. The van der Waals surface area contributed by atoms with Crippen molar-refractivity contribution >= 4 is 5.97 Å². The van der Waals surface area contributed by atoms with E-state index in [0.717, 1.165) is 12.0 Å². The minimum atomic E-state index is -0.140. The molecule has 1 aromatic rings. The summed E-state index contributed by atoms with van der Waals surface area (Å²) in [6.45, 7) is 2.30. The molecule has 70 valence electrons. The minimum Gasteiger partial charge on any atom is -0.461 e. The lowest BCUT2D eigenvalue weighted by Gasteiger charge is -2.02. The average Bonchev–Trinajstić information content (AvgIpc) is 2.17. The van der Waals surface area contributed by atoms with Gasteiger partial charge in [0.15, 0.2) is 0 Å². The van der Waals surface area contributed by atoms with Crippen LogP contribution in [0.1, 0.15) is 25.3 Å². The van der Waals surface area contributed by atoms with Gasteiger partial charge in [-0.2, -0.15) is 0 Å². The largest absolute Gasteiger partial charge is 0.461 e. The van der Waals surface area contributed by atoms with Gasteiger partial charge in [-0.1, -0.05) is 6.92 Å². The minimum absolute atomic E-state index is 0.140. The normalized spacial score (nSPS) is 9.62. The van der Waals surface area contributed by atoms with Gasteiger partial charge in [0, 0.05) is 18.8 Å². The summed E-state index contributed by atoms with van der Waals surface area (Å²) in [5.41, 5.74) is 0.972. The lowest BCUT2D eigenvalue weighted by atomic mass is 10.3. The predicted octanol–water partition coefficient (Wildman–Crippen LogP) is 1.92. The van der Waals surface area contributed by atoms with E-state index in [2.05, 4.69) is 4.98 Å². The Balaban J connectivity index is 2.31. The van der Waals surface area contributed by atoms with Gasteiger partial charge in [0.05, 0.1) is 0 Å². The van der Waals surface area contributed by atoms with Gasteiger partial charge in [-0.15, -0.1) is 0 Å². The standard InChI is InChI=1S/C10H13NO2/c1-2-3-10(12)13-8-9-4-6-11-7-5-9/h4-7H,2-3,8H2,1H3. The van der Waals surface area contributed by atoms with Crippen molar-refractivity contribution in [3.63, 3.8) is 0 Å². The van der Waals surface area contributed by atoms with E-state index in [1.54, 1.807) is 12.4 Å². The van der Waals surface area contributed by atoms with Crippen LogP contribution in [0.4, 0.5) is 0 Å². The Morgan fingerprint density at radius 2 is 2.15 bits per heavy atom. The first-order chi connectivity index (χ1) is 6.33. The number of hydrogen-bond donors (Lipinski definition) is 0. The SMILES string of the molecule is CCCC(=O)OCc1ccncc1. The molecule has 0 atom stereocenters. The molecule has 0 fully saturated rings. The van der Waals surface area contributed by atoms with Crippen molar-refractivity contribution in [1.82, 2.24) is 4.98 Å². The first-order valence-electron chi connectivity index (χ1n) is 4.37. The van der Waals surface area contributed by atoms with E-state index in [-0.39, 0.29) is 5.97 Å². The highest BCUT2D eigenvalue weighted by atomic mass is 16.5.